The number of benzene rings is 2. The van der Waals surface area contributed by atoms with Crippen molar-refractivity contribution in [2.45, 2.75) is 6.04 Å². The van der Waals surface area contributed by atoms with E-state index in [2.05, 4.69) is 10.6 Å². The summed E-state index contributed by atoms with van der Waals surface area (Å²) in [7, 11) is 0. The number of nitrogens with two attached hydrogens (primary N) is 1. The molecule has 5 nitrogen and oxygen atoms in total. The topological polar surface area (TPSA) is 91.0 Å². The third-order valence-corrected chi connectivity index (χ3v) is 2.84. The Morgan fingerprint density at radius 3 is 2.33 bits per heavy atom. The van der Waals surface area contributed by atoms with Gasteiger partial charge in [-0.25, -0.2) is 9.18 Å². The number of urea groups is 1. The number of hydrogen-bond acceptors (Lipinski definition) is 2. The molecule has 2 amide bonds. The Kier molecular flexibility index (Phi) is 4.50. The molecule has 0 saturated carbocycles. The van der Waals surface area contributed by atoms with E-state index >= 15 is 0 Å². The number of anilines is 1. The van der Waals surface area contributed by atoms with Gasteiger partial charge in [-0.2, -0.15) is 0 Å². The minimum absolute atomic E-state index is 0.0605. The van der Waals surface area contributed by atoms with Crippen molar-refractivity contribution < 1.29 is 9.18 Å². The lowest BCUT2D eigenvalue weighted by Crippen LogP contribution is -2.39. The highest BCUT2D eigenvalue weighted by Crippen LogP contribution is 2.14. The van der Waals surface area contributed by atoms with Crippen LogP contribution < -0.4 is 16.4 Å². The second-order valence-corrected chi connectivity index (χ2v) is 4.38. The highest BCUT2D eigenvalue weighted by atomic mass is 19.1. The van der Waals surface area contributed by atoms with Crippen molar-refractivity contribution in [2.75, 3.05) is 5.32 Å². The van der Waals surface area contributed by atoms with Crippen molar-refractivity contribution in [3.63, 3.8) is 0 Å². The number of carbonyl (C=O) groups excluding carboxylic acids is 1. The predicted octanol–water partition coefficient (Wildman–Crippen LogP) is 2.62. The van der Waals surface area contributed by atoms with E-state index in [-0.39, 0.29) is 11.5 Å². The summed E-state index contributed by atoms with van der Waals surface area (Å²) in [6.07, 6.45) is 0. The first kappa shape index (κ1) is 14.5. The Morgan fingerprint density at radius 2 is 1.71 bits per heavy atom. The zero-order valence-corrected chi connectivity index (χ0v) is 11.1. The van der Waals surface area contributed by atoms with Crippen LogP contribution in [0.25, 0.3) is 0 Å². The van der Waals surface area contributed by atoms with Crippen molar-refractivity contribution in [3.8, 4) is 0 Å². The van der Waals surface area contributed by atoms with Gasteiger partial charge < -0.3 is 16.4 Å². The van der Waals surface area contributed by atoms with Crippen LogP contribution in [0.4, 0.5) is 14.9 Å². The van der Waals surface area contributed by atoms with E-state index in [1.807, 2.05) is 6.07 Å². The van der Waals surface area contributed by atoms with Crippen LogP contribution in [0.5, 0.6) is 0 Å². The van der Waals surface area contributed by atoms with Gasteiger partial charge in [0.1, 0.15) is 17.7 Å². The second-order valence-electron chi connectivity index (χ2n) is 4.38. The Balaban J connectivity index is 2.10. The molecule has 0 aromatic heterocycles. The highest BCUT2D eigenvalue weighted by Gasteiger charge is 2.17. The zero-order chi connectivity index (χ0) is 15.2. The van der Waals surface area contributed by atoms with E-state index in [1.165, 1.54) is 18.2 Å². The number of amides is 2. The fourth-order valence-electron chi connectivity index (χ4n) is 1.84. The number of amidine groups is 1. The van der Waals surface area contributed by atoms with Gasteiger partial charge in [-0.05, 0) is 17.7 Å². The van der Waals surface area contributed by atoms with Gasteiger partial charge in [-0.15, -0.1) is 0 Å². The van der Waals surface area contributed by atoms with E-state index in [9.17, 15) is 9.18 Å². The third kappa shape index (κ3) is 3.79. The van der Waals surface area contributed by atoms with Gasteiger partial charge in [0.2, 0.25) is 0 Å². The lowest BCUT2D eigenvalue weighted by atomic mass is 10.1. The molecule has 2 aromatic rings. The molecule has 2 aromatic carbocycles. The summed E-state index contributed by atoms with van der Waals surface area (Å²) in [5.74, 6) is -0.739. The molecule has 21 heavy (non-hydrogen) atoms. The van der Waals surface area contributed by atoms with Gasteiger partial charge in [-0.3, -0.25) is 5.41 Å². The molecule has 0 saturated heterocycles. The molecule has 0 aliphatic carbocycles. The quantitative estimate of drug-likeness (QED) is 0.514. The van der Waals surface area contributed by atoms with Crippen LogP contribution in [0.15, 0.2) is 54.6 Å². The monoisotopic (exact) mass is 286 g/mol. The standard InChI is InChI=1S/C15H15FN4O/c16-11-8-4-5-9-12(11)19-15(21)20-13(14(17)18)10-6-2-1-3-7-10/h1-9,13H,(H3,17,18)(H2,19,20,21). The molecule has 108 valence electrons. The largest absolute Gasteiger partial charge is 0.386 e. The number of carbonyl (C=O) groups is 1. The van der Waals surface area contributed by atoms with Crippen LogP contribution in [0.3, 0.4) is 0 Å². The number of hydrogen-bond donors (Lipinski definition) is 4. The SMILES string of the molecule is N=C(N)C(NC(=O)Nc1ccccc1F)c1ccccc1. The predicted molar refractivity (Wildman–Crippen MR) is 79.7 cm³/mol. The molecule has 0 heterocycles. The lowest BCUT2D eigenvalue weighted by Gasteiger charge is -2.18. The van der Waals surface area contributed by atoms with Crippen LogP contribution in [0.2, 0.25) is 0 Å². The normalized spacial score (nSPS) is 11.5. The maximum Gasteiger partial charge on any atom is 0.320 e. The summed E-state index contributed by atoms with van der Waals surface area (Å²) in [6, 6.07) is 13.3. The first-order valence-electron chi connectivity index (χ1n) is 6.29. The number of para-hydroxylation sites is 1. The number of nitrogens with one attached hydrogen (secondary N) is 3. The average Bonchev–Trinajstić information content (AvgIpc) is 2.48. The van der Waals surface area contributed by atoms with Gasteiger partial charge in [0.05, 0.1) is 5.69 Å². The minimum Gasteiger partial charge on any atom is -0.386 e. The fraction of sp³-hybridized carbons (Fsp3) is 0.0667. The van der Waals surface area contributed by atoms with Crippen molar-refractivity contribution in [1.29, 1.82) is 5.41 Å². The highest BCUT2D eigenvalue weighted by molar-refractivity contribution is 5.94. The van der Waals surface area contributed by atoms with Gasteiger partial charge in [0, 0.05) is 0 Å². The van der Waals surface area contributed by atoms with Crippen molar-refractivity contribution in [1.82, 2.24) is 5.32 Å². The summed E-state index contributed by atoms with van der Waals surface area (Å²) in [6.45, 7) is 0. The zero-order valence-electron chi connectivity index (χ0n) is 11.1. The van der Waals surface area contributed by atoms with E-state index in [0.29, 0.717) is 5.56 Å². The van der Waals surface area contributed by atoms with E-state index in [0.717, 1.165) is 0 Å². The number of rotatable bonds is 4. The maximum absolute atomic E-state index is 13.5. The van der Waals surface area contributed by atoms with Crippen LogP contribution in [0.1, 0.15) is 11.6 Å². The van der Waals surface area contributed by atoms with Crippen molar-refractivity contribution in [2.24, 2.45) is 5.73 Å². The summed E-state index contributed by atoms with van der Waals surface area (Å²) < 4.78 is 13.5. The van der Waals surface area contributed by atoms with E-state index in [4.69, 9.17) is 11.1 Å². The van der Waals surface area contributed by atoms with Gasteiger partial charge in [-0.1, -0.05) is 42.5 Å². The number of halogens is 1. The lowest BCUT2D eigenvalue weighted by molar-refractivity contribution is 0.250. The molecule has 0 aliphatic heterocycles. The molecule has 6 heteroatoms. The third-order valence-electron chi connectivity index (χ3n) is 2.84. The molecule has 1 unspecified atom stereocenters. The van der Waals surface area contributed by atoms with Crippen LogP contribution in [0, 0.1) is 11.2 Å². The molecule has 5 N–H and O–H groups in total. The van der Waals surface area contributed by atoms with Crippen LogP contribution in [-0.4, -0.2) is 11.9 Å². The molecule has 0 fully saturated rings. The molecule has 2 rings (SSSR count). The summed E-state index contributed by atoms with van der Waals surface area (Å²) in [5, 5.41) is 12.5. The fourth-order valence-corrected chi connectivity index (χ4v) is 1.84. The average molecular weight is 286 g/mol. The molecule has 0 aliphatic rings. The van der Waals surface area contributed by atoms with Crippen LogP contribution in [-0.2, 0) is 0 Å². The molecular weight excluding hydrogens is 271 g/mol. The van der Waals surface area contributed by atoms with Crippen molar-refractivity contribution >= 4 is 17.6 Å². The van der Waals surface area contributed by atoms with Crippen molar-refractivity contribution in [3.05, 3.63) is 66.0 Å². The molecule has 0 bridgehead atoms. The van der Waals surface area contributed by atoms with Gasteiger partial charge in [0.25, 0.3) is 0 Å². The Morgan fingerprint density at radius 1 is 1.10 bits per heavy atom. The maximum atomic E-state index is 13.5. The summed E-state index contributed by atoms with van der Waals surface area (Å²) >= 11 is 0. The molecule has 1 atom stereocenters. The Hall–Kier alpha value is -2.89. The molecule has 0 spiro atoms. The first-order valence-corrected chi connectivity index (χ1v) is 6.29. The van der Waals surface area contributed by atoms with E-state index in [1.54, 1.807) is 30.3 Å². The summed E-state index contributed by atoms with van der Waals surface area (Å²) in [4.78, 5) is 11.9. The molecule has 0 radical (unpaired) electrons. The molecular formula is C15H15FN4O. The van der Waals surface area contributed by atoms with Gasteiger partial charge in [0.15, 0.2) is 0 Å². The Bertz CT molecular complexity index is 645. The van der Waals surface area contributed by atoms with Gasteiger partial charge >= 0.3 is 6.03 Å². The van der Waals surface area contributed by atoms with E-state index < -0.39 is 17.9 Å². The Labute approximate surface area is 121 Å². The van der Waals surface area contributed by atoms with Crippen LogP contribution >= 0.6 is 0 Å². The summed E-state index contributed by atoms with van der Waals surface area (Å²) in [5.41, 5.74) is 6.24. The second kappa shape index (κ2) is 6.51. The first-order chi connectivity index (χ1) is 10.1. The minimum atomic E-state index is -0.766. The smallest absolute Gasteiger partial charge is 0.320 e.